The van der Waals surface area contributed by atoms with Gasteiger partial charge in [0, 0.05) is 0 Å². The third-order valence-corrected chi connectivity index (χ3v) is 0. The summed E-state index contributed by atoms with van der Waals surface area (Å²) in [4.78, 5) is 0. The van der Waals surface area contributed by atoms with Crippen LogP contribution in [0.3, 0.4) is 0 Å². The summed E-state index contributed by atoms with van der Waals surface area (Å²) in [6, 6.07) is 0. The van der Waals surface area contributed by atoms with Gasteiger partial charge < -0.3 is 5.71 Å². The zero-order valence-electron chi connectivity index (χ0n) is 7.41. The van der Waals surface area contributed by atoms with E-state index in [2.05, 4.69) is 0 Å². The summed E-state index contributed by atoms with van der Waals surface area (Å²) < 4.78 is 0. The maximum absolute atomic E-state index is 1.44. The van der Waals surface area contributed by atoms with E-state index in [1.54, 1.807) is 0 Å². The molecular weight excluding hydrogens is 234 g/mol. The van der Waals surface area contributed by atoms with Gasteiger partial charge >= 0.3 is 86.6 Å². The standard InChI is InChI=1S/Ba.Ca.H6Si2.4H/c;;1-2;;;;/h;;1-2H3;;;;/q2*+2;;4*-1. The summed E-state index contributed by atoms with van der Waals surface area (Å²) in [5.74, 6) is 0. The van der Waals surface area contributed by atoms with Crippen molar-refractivity contribution >= 4 is 106 Å². The molecule has 4 heavy (non-hydrogen) atoms. The van der Waals surface area contributed by atoms with Gasteiger partial charge in [-0.25, -0.2) is 0 Å². The van der Waals surface area contributed by atoms with E-state index in [4.69, 9.17) is 0 Å². The molecule has 0 amide bonds. The van der Waals surface area contributed by atoms with Crippen molar-refractivity contribution in [2.24, 2.45) is 0 Å². The second-order valence-corrected chi connectivity index (χ2v) is 0. The minimum Gasteiger partial charge on any atom is -1.00 e. The van der Waals surface area contributed by atoms with Crippen LogP contribution in [0.15, 0.2) is 0 Å². The first kappa shape index (κ1) is 15.7. The van der Waals surface area contributed by atoms with Crippen molar-refractivity contribution in [3.05, 3.63) is 0 Å². The Bertz CT molecular complexity index is 14.0. The fourth-order valence-electron chi connectivity index (χ4n) is 0. The fourth-order valence-corrected chi connectivity index (χ4v) is 0. The molecule has 0 heterocycles. The van der Waals surface area contributed by atoms with Crippen LogP contribution in [0.2, 0.25) is 0 Å². The van der Waals surface area contributed by atoms with Gasteiger partial charge in [-0.05, 0) is 19.5 Å². The van der Waals surface area contributed by atoms with Crippen LogP contribution in [0.5, 0.6) is 0 Å². The van der Waals surface area contributed by atoms with Crippen molar-refractivity contribution in [1.29, 1.82) is 0 Å². The molecule has 0 unspecified atom stereocenters. The van der Waals surface area contributed by atoms with E-state index in [9.17, 15) is 0 Å². The van der Waals surface area contributed by atoms with Crippen molar-refractivity contribution in [2.75, 3.05) is 0 Å². The third-order valence-electron chi connectivity index (χ3n) is 0. The molecule has 0 N–H and O–H groups in total. The third kappa shape index (κ3) is 8.98. The van der Waals surface area contributed by atoms with Crippen LogP contribution in [0.1, 0.15) is 5.71 Å². The Morgan fingerprint density at radius 3 is 1.25 bits per heavy atom. The van der Waals surface area contributed by atoms with Gasteiger partial charge in [-0.2, -0.15) is 0 Å². The Kier molecular flexibility index (Phi) is 63.8. The average Bonchev–Trinajstić information content (AvgIpc) is 1.00. The number of hydrogen-bond donors (Lipinski definition) is 0. The first-order chi connectivity index (χ1) is 1.00. The van der Waals surface area contributed by atoms with Gasteiger partial charge in [-0.1, -0.05) is 0 Å². The molecule has 0 nitrogen and oxygen atoms in total. The topological polar surface area (TPSA) is 0 Å². The van der Waals surface area contributed by atoms with Crippen molar-refractivity contribution in [2.45, 2.75) is 0 Å². The molecule has 0 atom stereocenters. The summed E-state index contributed by atoms with van der Waals surface area (Å²) in [6.07, 6.45) is 0. The van der Waals surface area contributed by atoms with Gasteiger partial charge in [0.05, 0.1) is 0 Å². The van der Waals surface area contributed by atoms with Crippen LogP contribution in [0, 0.1) is 0 Å². The Balaban J connectivity index is -0.000000000333. The van der Waals surface area contributed by atoms with E-state index in [-0.39, 0.29) is 92.3 Å². The molecule has 0 saturated carbocycles. The number of hydrogen-bond acceptors (Lipinski definition) is 0. The van der Waals surface area contributed by atoms with Crippen LogP contribution in [0.25, 0.3) is 0 Å². The molecule has 0 aromatic carbocycles. The molecular formula is H10BaCaSi2. The van der Waals surface area contributed by atoms with Crippen LogP contribution < -0.4 is 0 Å². The minimum absolute atomic E-state index is 0. The van der Waals surface area contributed by atoms with Crippen molar-refractivity contribution in [3.63, 3.8) is 0 Å². The van der Waals surface area contributed by atoms with E-state index in [0.29, 0.717) is 0 Å². The second-order valence-electron chi connectivity index (χ2n) is 0. The summed E-state index contributed by atoms with van der Waals surface area (Å²) in [5, 5.41) is 0. The molecule has 22 valence electrons. The van der Waals surface area contributed by atoms with E-state index in [1.807, 2.05) is 0 Å². The molecule has 0 rings (SSSR count). The zero-order chi connectivity index (χ0) is 2.00. The average molecular weight is 244 g/mol. The normalized spacial score (nSPS) is 3.00. The van der Waals surface area contributed by atoms with Crippen LogP contribution in [0.4, 0.5) is 0 Å². The second kappa shape index (κ2) is 16.3. The van der Waals surface area contributed by atoms with E-state index >= 15 is 0 Å². The first-order valence-corrected chi connectivity index (χ1v) is 9.00. The molecule has 0 spiro atoms. The maximum Gasteiger partial charge on any atom is 2.00 e. The summed E-state index contributed by atoms with van der Waals surface area (Å²) in [5.41, 5.74) is 0. The molecule has 0 radical (unpaired) electrons. The van der Waals surface area contributed by atoms with Gasteiger partial charge in [0.1, 0.15) is 0 Å². The fraction of sp³-hybridized carbons (Fsp3) is 0. The maximum atomic E-state index is 1.44. The molecule has 0 aliphatic carbocycles. The Hall–Kier alpha value is 3.26. The van der Waals surface area contributed by atoms with E-state index in [0.717, 1.165) is 0 Å². The van der Waals surface area contributed by atoms with Crippen LogP contribution in [-0.2, 0) is 0 Å². The van der Waals surface area contributed by atoms with Crippen molar-refractivity contribution in [1.82, 2.24) is 0 Å². The quantitative estimate of drug-likeness (QED) is 0.407. The Labute approximate surface area is 109 Å². The molecule has 0 aliphatic rings. The molecule has 0 aromatic rings. The van der Waals surface area contributed by atoms with Crippen molar-refractivity contribution < 1.29 is 5.71 Å². The van der Waals surface area contributed by atoms with Crippen molar-refractivity contribution in [3.8, 4) is 0 Å². The first-order valence-electron chi connectivity index (χ1n) is 1.00. The SMILES string of the molecule is [Ba+2].[Ca+2].[H-].[H-].[H-].[H-].[SiH3][SiH3]. The van der Waals surface area contributed by atoms with Gasteiger partial charge in [0.25, 0.3) is 0 Å². The predicted molar refractivity (Wildman–Crippen MR) is 35.8 cm³/mol. The largest absolute Gasteiger partial charge is 2.00 e. The van der Waals surface area contributed by atoms with Gasteiger partial charge in [-0.3, -0.25) is 0 Å². The predicted octanol–water partition coefficient (Wildman–Crippen LogP) is -2.68. The minimum atomic E-state index is 0. The van der Waals surface area contributed by atoms with E-state index in [1.165, 1.54) is 19.5 Å². The molecule has 0 aliphatic heterocycles. The van der Waals surface area contributed by atoms with Gasteiger partial charge in [-0.15, -0.1) is 0 Å². The monoisotopic (exact) mass is 244 g/mol. The molecule has 4 heteroatoms. The smallest absolute Gasteiger partial charge is 1.00 e. The Morgan fingerprint density at radius 2 is 1.25 bits per heavy atom. The zero-order valence-corrected chi connectivity index (χ0v) is 14.1. The Morgan fingerprint density at radius 1 is 1.25 bits per heavy atom. The van der Waals surface area contributed by atoms with Gasteiger partial charge in [0.15, 0.2) is 0 Å². The van der Waals surface area contributed by atoms with Gasteiger partial charge in [0.2, 0.25) is 0 Å². The summed E-state index contributed by atoms with van der Waals surface area (Å²) >= 11 is 0. The summed E-state index contributed by atoms with van der Waals surface area (Å²) in [7, 11) is 2.89. The summed E-state index contributed by atoms with van der Waals surface area (Å²) in [6.45, 7) is 0. The van der Waals surface area contributed by atoms with Crippen LogP contribution >= 0.6 is 0 Å². The van der Waals surface area contributed by atoms with Crippen LogP contribution in [-0.4, -0.2) is 106 Å². The molecule has 0 saturated heterocycles. The number of rotatable bonds is 0. The van der Waals surface area contributed by atoms with E-state index < -0.39 is 0 Å². The molecule has 0 bridgehead atoms. The molecule has 0 fully saturated rings. The molecule has 0 aromatic heterocycles.